The fraction of sp³-hybridized carbons (Fsp3) is 0.364. The fourth-order valence-corrected chi connectivity index (χ4v) is 1.42. The summed E-state index contributed by atoms with van der Waals surface area (Å²) in [6.45, 7) is 0. The number of benzene rings is 1. The van der Waals surface area contributed by atoms with Crippen molar-refractivity contribution in [3.63, 3.8) is 0 Å². The molecule has 1 rings (SSSR count). The lowest BCUT2D eigenvalue weighted by molar-refractivity contribution is -0.122. The summed E-state index contributed by atoms with van der Waals surface area (Å²) in [7, 11) is 3.55. The number of likely N-dealkylation sites (N-methyl/N-ethyl adjacent to an activating group) is 1. The van der Waals surface area contributed by atoms with Crippen molar-refractivity contribution >= 4 is 5.91 Å². The van der Waals surface area contributed by atoms with Gasteiger partial charge in [0.05, 0.1) is 6.04 Å². The number of rotatable bonds is 4. The highest BCUT2D eigenvalue weighted by atomic mass is 19.1. The Labute approximate surface area is 88.7 Å². The van der Waals surface area contributed by atoms with Crippen LogP contribution in [0.5, 0.6) is 0 Å². The summed E-state index contributed by atoms with van der Waals surface area (Å²) in [5.74, 6) is -0.696. The van der Waals surface area contributed by atoms with Crippen molar-refractivity contribution < 1.29 is 9.18 Å². The van der Waals surface area contributed by atoms with Crippen LogP contribution in [0.3, 0.4) is 0 Å². The van der Waals surface area contributed by atoms with Gasteiger partial charge in [-0.15, -0.1) is 0 Å². The lowest BCUT2D eigenvalue weighted by Gasteiger charge is -2.20. The number of carbonyl (C=O) groups excluding carboxylic acids is 1. The SMILES string of the molecule is CN(C)C(Cc1cccc(F)c1)C(N)=O. The topological polar surface area (TPSA) is 46.3 Å². The monoisotopic (exact) mass is 210 g/mol. The minimum absolute atomic E-state index is 0.297. The summed E-state index contributed by atoms with van der Waals surface area (Å²) in [4.78, 5) is 12.8. The van der Waals surface area contributed by atoms with Gasteiger partial charge in [-0.1, -0.05) is 12.1 Å². The summed E-state index contributed by atoms with van der Waals surface area (Å²) in [6.07, 6.45) is 0.431. The van der Waals surface area contributed by atoms with Crippen LogP contribution in [0.25, 0.3) is 0 Å². The van der Waals surface area contributed by atoms with Gasteiger partial charge in [-0.3, -0.25) is 9.69 Å². The molecule has 0 bridgehead atoms. The van der Waals surface area contributed by atoms with Gasteiger partial charge in [0.2, 0.25) is 5.91 Å². The molecule has 0 aromatic heterocycles. The summed E-state index contributed by atoms with van der Waals surface area (Å²) >= 11 is 0. The van der Waals surface area contributed by atoms with Gasteiger partial charge < -0.3 is 5.73 Å². The van der Waals surface area contributed by atoms with Gasteiger partial charge in [-0.25, -0.2) is 4.39 Å². The number of amides is 1. The van der Waals surface area contributed by atoms with Crippen molar-refractivity contribution in [2.75, 3.05) is 14.1 Å². The molecule has 1 atom stereocenters. The molecule has 0 saturated carbocycles. The molecule has 0 fully saturated rings. The fourth-order valence-electron chi connectivity index (χ4n) is 1.42. The van der Waals surface area contributed by atoms with E-state index in [-0.39, 0.29) is 5.82 Å². The first-order valence-electron chi connectivity index (χ1n) is 4.71. The van der Waals surface area contributed by atoms with Crippen LogP contribution in [0.4, 0.5) is 4.39 Å². The van der Waals surface area contributed by atoms with E-state index in [1.807, 2.05) is 0 Å². The summed E-state index contributed by atoms with van der Waals surface area (Å²) in [5.41, 5.74) is 6.02. The van der Waals surface area contributed by atoms with Gasteiger partial charge in [0.1, 0.15) is 5.82 Å². The van der Waals surface area contributed by atoms with Crippen LogP contribution < -0.4 is 5.73 Å². The van der Waals surface area contributed by atoms with E-state index in [1.54, 1.807) is 31.1 Å². The van der Waals surface area contributed by atoms with Crippen molar-refractivity contribution in [3.8, 4) is 0 Å². The van der Waals surface area contributed by atoms with Crippen LogP contribution in [0.1, 0.15) is 5.56 Å². The number of primary amides is 1. The molecule has 1 aromatic carbocycles. The maximum absolute atomic E-state index is 12.9. The lowest BCUT2D eigenvalue weighted by Crippen LogP contribution is -2.41. The van der Waals surface area contributed by atoms with Crippen LogP contribution in [0.15, 0.2) is 24.3 Å². The number of carbonyl (C=O) groups is 1. The molecule has 3 nitrogen and oxygen atoms in total. The van der Waals surface area contributed by atoms with E-state index < -0.39 is 11.9 Å². The zero-order chi connectivity index (χ0) is 11.4. The van der Waals surface area contributed by atoms with E-state index in [4.69, 9.17) is 5.73 Å². The molecule has 0 aliphatic heterocycles. The van der Waals surface area contributed by atoms with E-state index in [9.17, 15) is 9.18 Å². The third-order valence-corrected chi connectivity index (χ3v) is 2.27. The molecule has 1 amide bonds. The van der Waals surface area contributed by atoms with Crippen LogP contribution in [-0.4, -0.2) is 30.9 Å². The largest absolute Gasteiger partial charge is 0.368 e. The minimum atomic E-state index is -0.399. The normalized spacial score (nSPS) is 12.8. The van der Waals surface area contributed by atoms with E-state index >= 15 is 0 Å². The predicted molar refractivity (Wildman–Crippen MR) is 56.8 cm³/mol. The molecule has 0 heterocycles. The van der Waals surface area contributed by atoms with Crippen LogP contribution in [-0.2, 0) is 11.2 Å². The number of nitrogens with two attached hydrogens (primary N) is 1. The number of nitrogens with zero attached hydrogens (tertiary/aromatic N) is 1. The molecule has 15 heavy (non-hydrogen) atoms. The van der Waals surface area contributed by atoms with Crippen molar-refractivity contribution in [2.24, 2.45) is 5.73 Å². The molecule has 82 valence electrons. The molecule has 1 unspecified atom stereocenters. The van der Waals surface area contributed by atoms with Crippen LogP contribution in [0.2, 0.25) is 0 Å². The third kappa shape index (κ3) is 3.32. The van der Waals surface area contributed by atoms with Crippen molar-refractivity contribution in [2.45, 2.75) is 12.5 Å². The second-order valence-electron chi connectivity index (χ2n) is 3.72. The average molecular weight is 210 g/mol. The minimum Gasteiger partial charge on any atom is -0.368 e. The van der Waals surface area contributed by atoms with E-state index in [2.05, 4.69) is 0 Å². The summed E-state index contributed by atoms with van der Waals surface area (Å²) in [5, 5.41) is 0. The Balaban J connectivity index is 2.79. The standard InChI is InChI=1S/C11H15FN2O/c1-14(2)10(11(13)15)7-8-4-3-5-9(12)6-8/h3-6,10H,7H2,1-2H3,(H2,13,15). The molecule has 0 saturated heterocycles. The van der Waals surface area contributed by atoms with Crippen molar-refractivity contribution in [1.29, 1.82) is 0 Å². The Hall–Kier alpha value is -1.42. The van der Waals surface area contributed by atoms with Gasteiger partial charge in [-0.05, 0) is 38.2 Å². The van der Waals surface area contributed by atoms with Crippen LogP contribution >= 0.6 is 0 Å². The number of halogens is 1. The third-order valence-electron chi connectivity index (χ3n) is 2.27. The Morgan fingerprint density at radius 1 is 1.53 bits per heavy atom. The molecular weight excluding hydrogens is 195 g/mol. The quantitative estimate of drug-likeness (QED) is 0.798. The summed E-state index contributed by atoms with van der Waals surface area (Å²) in [6, 6.07) is 5.80. The highest BCUT2D eigenvalue weighted by molar-refractivity contribution is 5.80. The smallest absolute Gasteiger partial charge is 0.235 e. The first-order valence-corrected chi connectivity index (χ1v) is 4.71. The van der Waals surface area contributed by atoms with E-state index in [0.717, 1.165) is 5.56 Å². The van der Waals surface area contributed by atoms with E-state index in [0.29, 0.717) is 6.42 Å². The molecule has 2 N–H and O–H groups in total. The van der Waals surface area contributed by atoms with Gasteiger partial charge >= 0.3 is 0 Å². The number of hydrogen-bond donors (Lipinski definition) is 1. The molecule has 4 heteroatoms. The van der Waals surface area contributed by atoms with Gasteiger partial charge in [0, 0.05) is 0 Å². The second kappa shape index (κ2) is 4.89. The maximum Gasteiger partial charge on any atom is 0.235 e. The Morgan fingerprint density at radius 2 is 2.20 bits per heavy atom. The second-order valence-corrected chi connectivity index (χ2v) is 3.72. The molecule has 1 aromatic rings. The zero-order valence-corrected chi connectivity index (χ0v) is 8.90. The Bertz CT molecular complexity index is 352. The molecular formula is C11H15FN2O. The molecule has 0 spiro atoms. The van der Waals surface area contributed by atoms with Crippen molar-refractivity contribution in [1.82, 2.24) is 4.90 Å². The predicted octanol–water partition coefficient (Wildman–Crippen LogP) is 0.784. The van der Waals surface area contributed by atoms with Gasteiger partial charge in [-0.2, -0.15) is 0 Å². The van der Waals surface area contributed by atoms with Crippen LogP contribution in [0, 0.1) is 5.82 Å². The summed E-state index contributed by atoms with van der Waals surface area (Å²) < 4.78 is 12.9. The highest BCUT2D eigenvalue weighted by Crippen LogP contribution is 2.08. The maximum atomic E-state index is 12.9. The molecule has 0 radical (unpaired) electrons. The molecule has 0 aliphatic carbocycles. The highest BCUT2D eigenvalue weighted by Gasteiger charge is 2.18. The lowest BCUT2D eigenvalue weighted by atomic mass is 10.0. The average Bonchev–Trinajstić information content (AvgIpc) is 2.13. The zero-order valence-electron chi connectivity index (χ0n) is 8.90. The number of hydrogen-bond acceptors (Lipinski definition) is 2. The molecule has 0 aliphatic rings. The Morgan fingerprint density at radius 3 is 2.67 bits per heavy atom. The van der Waals surface area contributed by atoms with Gasteiger partial charge in [0.15, 0.2) is 0 Å². The van der Waals surface area contributed by atoms with Crippen molar-refractivity contribution in [3.05, 3.63) is 35.6 Å². The first kappa shape index (κ1) is 11.7. The van der Waals surface area contributed by atoms with Gasteiger partial charge in [0.25, 0.3) is 0 Å². The Kier molecular flexibility index (Phi) is 3.80. The first-order chi connectivity index (χ1) is 7.00. The van der Waals surface area contributed by atoms with E-state index in [1.165, 1.54) is 12.1 Å².